The van der Waals surface area contributed by atoms with Gasteiger partial charge >= 0.3 is 5.57 Å². The summed E-state index contributed by atoms with van der Waals surface area (Å²) in [5.41, 5.74) is -4.28. The molecule has 0 radical (unpaired) electrons. The molecule has 0 fully saturated rings. The molecule has 0 aromatic heterocycles. The van der Waals surface area contributed by atoms with E-state index in [1.165, 1.54) is 0 Å². The van der Waals surface area contributed by atoms with Crippen molar-refractivity contribution in [1.29, 1.82) is 0 Å². The molecule has 0 aliphatic rings. The van der Waals surface area contributed by atoms with Crippen molar-refractivity contribution in [2.24, 2.45) is 0 Å². The second-order valence-corrected chi connectivity index (χ2v) is 3.27. The predicted molar refractivity (Wildman–Crippen MR) is 49.5 cm³/mol. The van der Waals surface area contributed by atoms with Crippen LogP contribution in [0.2, 0.25) is 5.02 Å². The predicted octanol–water partition coefficient (Wildman–Crippen LogP) is 3.42. The molecule has 0 saturated heterocycles. The van der Waals surface area contributed by atoms with Gasteiger partial charge < -0.3 is 4.74 Å². The minimum Gasteiger partial charge on any atom is -0.420 e. The molecule has 0 atom stereocenters. The van der Waals surface area contributed by atoms with Crippen LogP contribution in [0.4, 0.5) is 14.5 Å². The number of nitro groups is 1. The molecule has 8 heteroatoms. The number of ether oxygens (including phenoxy) is 1. The van der Waals surface area contributed by atoms with E-state index in [0.717, 1.165) is 18.2 Å². The lowest BCUT2D eigenvalue weighted by atomic mass is 10.3. The lowest BCUT2D eigenvalue weighted by molar-refractivity contribution is -0.384. The quantitative estimate of drug-likeness (QED) is 0.474. The Morgan fingerprint density at radius 2 is 2.07 bits per heavy atom. The van der Waals surface area contributed by atoms with Crippen LogP contribution in [0, 0.1) is 10.1 Å². The topological polar surface area (TPSA) is 52.4 Å². The van der Waals surface area contributed by atoms with Gasteiger partial charge in [0.1, 0.15) is 10.8 Å². The zero-order valence-corrected chi connectivity index (χ0v) is 8.43. The van der Waals surface area contributed by atoms with Crippen molar-refractivity contribution in [3.05, 3.63) is 33.3 Å². The van der Waals surface area contributed by atoms with Crippen LogP contribution < -0.4 is 4.74 Å². The second kappa shape index (κ2) is 4.16. The fourth-order valence-electron chi connectivity index (χ4n) is 0.833. The third-order valence-electron chi connectivity index (χ3n) is 1.35. The van der Waals surface area contributed by atoms with E-state index in [4.69, 9.17) is 11.6 Å². The van der Waals surface area contributed by atoms with Crippen molar-refractivity contribution in [3.8, 4) is 5.75 Å². The molecule has 0 saturated carbocycles. The van der Waals surface area contributed by atoms with Gasteiger partial charge in [-0.15, -0.1) is 8.78 Å². The number of rotatable bonds is 3. The smallest absolute Gasteiger partial charge is 0.420 e. The summed E-state index contributed by atoms with van der Waals surface area (Å²) >= 11 is 9.93. The van der Waals surface area contributed by atoms with Crippen molar-refractivity contribution in [2.75, 3.05) is 0 Å². The third kappa shape index (κ3) is 3.49. The summed E-state index contributed by atoms with van der Waals surface area (Å²) in [6, 6.07) is 2.80. The number of benzene rings is 1. The molecule has 0 spiro atoms. The average Bonchev–Trinajstić information content (AvgIpc) is 1.99. The van der Waals surface area contributed by atoms with Crippen LogP contribution in [0.5, 0.6) is 5.75 Å². The maximum Gasteiger partial charge on any atom is 0.487 e. The first-order valence-corrected chi connectivity index (χ1v) is 4.25. The fourth-order valence-corrected chi connectivity index (χ4v) is 1.16. The molecule has 0 bridgehead atoms. The molecule has 15 heavy (non-hydrogen) atoms. The van der Waals surface area contributed by atoms with E-state index in [1.54, 1.807) is 0 Å². The van der Waals surface area contributed by atoms with Crippen molar-refractivity contribution < 1.29 is 18.4 Å². The highest BCUT2D eigenvalue weighted by Crippen LogP contribution is 2.31. The van der Waals surface area contributed by atoms with E-state index in [-0.39, 0.29) is 10.8 Å². The summed E-state index contributed by atoms with van der Waals surface area (Å²) in [4.78, 5) is 9.58. The fraction of sp³-hybridized carbons (Fsp3) is 0.143. The first kappa shape index (κ1) is 11.9. The SMILES string of the molecule is O=[N+]([O-])c1ccc(OC(F)(F)Cl)cc1Cl. The molecular weight excluding hydrogens is 255 g/mol. The number of alkyl halides is 3. The Hall–Kier alpha value is -1.14. The van der Waals surface area contributed by atoms with Crippen molar-refractivity contribution in [3.63, 3.8) is 0 Å². The normalized spacial score (nSPS) is 11.2. The highest BCUT2D eigenvalue weighted by atomic mass is 35.5. The third-order valence-corrected chi connectivity index (χ3v) is 1.73. The number of nitrogens with zero attached hydrogens (tertiary/aromatic N) is 1. The van der Waals surface area contributed by atoms with Gasteiger partial charge in [0, 0.05) is 23.7 Å². The molecule has 0 N–H and O–H groups in total. The van der Waals surface area contributed by atoms with Crippen LogP contribution in [0.25, 0.3) is 0 Å². The van der Waals surface area contributed by atoms with Crippen LogP contribution in [-0.4, -0.2) is 10.5 Å². The zero-order chi connectivity index (χ0) is 11.6. The minimum atomic E-state index is -3.88. The molecule has 0 aliphatic carbocycles. The summed E-state index contributed by atoms with van der Waals surface area (Å²) in [6.07, 6.45) is 0. The Kier molecular flexibility index (Phi) is 3.31. The van der Waals surface area contributed by atoms with Gasteiger partial charge in [0.2, 0.25) is 0 Å². The van der Waals surface area contributed by atoms with E-state index in [0.29, 0.717) is 0 Å². The largest absolute Gasteiger partial charge is 0.487 e. The number of nitro benzene ring substituents is 1. The van der Waals surface area contributed by atoms with Gasteiger partial charge in [-0.1, -0.05) is 11.6 Å². The Balaban J connectivity index is 2.97. The zero-order valence-electron chi connectivity index (χ0n) is 6.92. The van der Waals surface area contributed by atoms with Gasteiger partial charge in [0.15, 0.2) is 0 Å². The first-order valence-electron chi connectivity index (χ1n) is 3.49. The van der Waals surface area contributed by atoms with E-state index >= 15 is 0 Å². The minimum absolute atomic E-state index is 0.307. The summed E-state index contributed by atoms with van der Waals surface area (Å²) in [5, 5.41) is 10.0. The van der Waals surface area contributed by atoms with Crippen molar-refractivity contribution in [1.82, 2.24) is 0 Å². The standard InChI is InChI=1S/C7H3Cl2F2NO3/c8-5-3-4(15-7(9,10)11)1-2-6(5)12(13)14/h1-3H. The van der Waals surface area contributed by atoms with Gasteiger partial charge in [-0.2, -0.15) is 0 Å². The molecule has 0 heterocycles. The second-order valence-electron chi connectivity index (χ2n) is 2.42. The van der Waals surface area contributed by atoms with Gasteiger partial charge in [0.05, 0.1) is 4.92 Å². The maximum absolute atomic E-state index is 12.2. The molecule has 0 amide bonds. The van der Waals surface area contributed by atoms with Crippen LogP contribution >= 0.6 is 23.2 Å². The monoisotopic (exact) mass is 257 g/mol. The number of hydrogen-bond donors (Lipinski definition) is 0. The summed E-state index contributed by atoms with van der Waals surface area (Å²) in [6.45, 7) is 0. The van der Waals surface area contributed by atoms with Gasteiger partial charge in [-0.05, 0) is 6.07 Å². The van der Waals surface area contributed by atoms with E-state index in [2.05, 4.69) is 16.3 Å². The number of hydrogen-bond acceptors (Lipinski definition) is 3. The molecular formula is C7H3Cl2F2NO3. The molecule has 4 nitrogen and oxygen atoms in total. The Morgan fingerprint density at radius 1 is 1.47 bits per heavy atom. The molecule has 0 aliphatic heterocycles. The Labute approximate surface area is 92.5 Å². The Morgan fingerprint density at radius 3 is 2.47 bits per heavy atom. The summed E-state index contributed by atoms with van der Waals surface area (Å²) in [7, 11) is 0. The van der Waals surface area contributed by atoms with Gasteiger partial charge in [-0.25, -0.2) is 0 Å². The van der Waals surface area contributed by atoms with Crippen molar-refractivity contribution >= 4 is 28.9 Å². The van der Waals surface area contributed by atoms with Gasteiger partial charge in [0.25, 0.3) is 5.69 Å². The van der Waals surface area contributed by atoms with Crippen LogP contribution in [0.15, 0.2) is 18.2 Å². The van der Waals surface area contributed by atoms with Crippen LogP contribution in [0.3, 0.4) is 0 Å². The lowest BCUT2D eigenvalue weighted by Gasteiger charge is -2.10. The van der Waals surface area contributed by atoms with Gasteiger partial charge in [-0.3, -0.25) is 10.1 Å². The van der Waals surface area contributed by atoms with E-state index in [1.807, 2.05) is 0 Å². The lowest BCUT2D eigenvalue weighted by Crippen LogP contribution is -2.15. The highest BCUT2D eigenvalue weighted by Gasteiger charge is 2.28. The van der Waals surface area contributed by atoms with E-state index in [9.17, 15) is 18.9 Å². The first-order chi connectivity index (χ1) is 6.79. The van der Waals surface area contributed by atoms with Crippen LogP contribution in [-0.2, 0) is 0 Å². The van der Waals surface area contributed by atoms with Crippen LogP contribution in [0.1, 0.15) is 0 Å². The maximum atomic E-state index is 12.2. The molecule has 0 unspecified atom stereocenters. The Bertz CT molecular complexity index is 394. The van der Waals surface area contributed by atoms with Crippen molar-refractivity contribution in [2.45, 2.75) is 5.57 Å². The molecule has 1 aromatic carbocycles. The van der Waals surface area contributed by atoms with E-state index < -0.39 is 16.2 Å². The average molecular weight is 258 g/mol. The molecule has 82 valence electrons. The summed E-state index contributed by atoms with van der Waals surface area (Å²) < 4.78 is 28.3. The number of halogens is 4. The molecule has 1 aromatic rings. The summed E-state index contributed by atoms with van der Waals surface area (Å²) in [5.74, 6) is -0.356. The molecule has 1 rings (SSSR count). The highest BCUT2D eigenvalue weighted by molar-refractivity contribution is 6.32.